The summed E-state index contributed by atoms with van der Waals surface area (Å²) in [6, 6.07) is 11.7. The number of carbonyl (C=O) groups excluding carboxylic acids is 2. The van der Waals surface area contributed by atoms with Gasteiger partial charge in [-0.15, -0.1) is 21.5 Å². The second-order valence-electron chi connectivity index (χ2n) is 8.37. The molecule has 3 heterocycles. The van der Waals surface area contributed by atoms with Crippen LogP contribution in [-0.4, -0.2) is 48.3 Å². The van der Waals surface area contributed by atoms with E-state index in [2.05, 4.69) is 10.2 Å². The maximum atomic E-state index is 13.6. The van der Waals surface area contributed by atoms with Crippen molar-refractivity contribution in [2.45, 2.75) is 16.1 Å². The van der Waals surface area contributed by atoms with E-state index >= 15 is 0 Å². The average molecular weight is 600 g/mol. The van der Waals surface area contributed by atoms with Crippen LogP contribution in [0.2, 0.25) is 0 Å². The van der Waals surface area contributed by atoms with Crippen molar-refractivity contribution in [2.24, 2.45) is 0 Å². The molecule has 0 unspecified atom stereocenters. The van der Waals surface area contributed by atoms with Crippen molar-refractivity contribution < 1.29 is 33.3 Å². The zero-order valence-electron chi connectivity index (χ0n) is 21.4. The first-order chi connectivity index (χ1) is 19.4. The molecule has 1 amide bonds. The number of hydrogen-bond donors (Lipinski definition) is 1. The van der Waals surface area contributed by atoms with Crippen LogP contribution in [0.4, 0.5) is 9.52 Å². The van der Waals surface area contributed by atoms with Crippen molar-refractivity contribution in [3.05, 3.63) is 87.1 Å². The van der Waals surface area contributed by atoms with Gasteiger partial charge in [-0.2, -0.15) is 0 Å². The van der Waals surface area contributed by atoms with Gasteiger partial charge in [0.1, 0.15) is 5.82 Å². The van der Waals surface area contributed by atoms with Gasteiger partial charge in [-0.1, -0.05) is 41.3 Å². The van der Waals surface area contributed by atoms with E-state index in [1.54, 1.807) is 41.8 Å². The average Bonchev–Trinajstić information content (AvgIpc) is 3.72. The van der Waals surface area contributed by atoms with E-state index in [0.717, 1.165) is 16.9 Å². The maximum absolute atomic E-state index is 13.6. The monoisotopic (exact) mass is 599 g/mol. The smallest absolute Gasteiger partial charge is 0.296 e. The molecule has 9 nitrogen and oxygen atoms in total. The number of thiophene rings is 1. The van der Waals surface area contributed by atoms with Crippen LogP contribution >= 0.6 is 34.4 Å². The second-order valence-corrected chi connectivity index (χ2v) is 11.5. The highest BCUT2D eigenvalue weighted by atomic mass is 32.2. The minimum Gasteiger partial charge on any atom is -0.503 e. The van der Waals surface area contributed by atoms with E-state index in [0.29, 0.717) is 37.8 Å². The summed E-state index contributed by atoms with van der Waals surface area (Å²) in [4.78, 5) is 28.7. The van der Waals surface area contributed by atoms with Crippen LogP contribution in [0.5, 0.6) is 17.2 Å². The lowest BCUT2D eigenvalue weighted by molar-refractivity contribution is -0.117. The summed E-state index contributed by atoms with van der Waals surface area (Å²) in [7, 11) is 4.38. The Morgan fingerprint density at radius 2 is 1.77 bits per heavy atom. The Bertz CT molecular complexity index is 1560. The number of ketones is 1. The van der Waals surface area contributed by atoms with Crippen LogP contribution < -0.4 is 19.1 Å². The Kier molecular flexibility index (Phi) is 8.05. The van der Waals surface area contributed by atoms with Crippen LogP contribution in [0.3, 0.4) is 0 Å². The molecule has 2 aromatic carbocycles. The predicted octanol–water partition coefficient (Wildman–Crippen LogP) is 5.84. The molecule has 4 aromatic rings. The molecule has 1 aliphatic rings. The van der Waals surface area contributed by atoms with Crippen LogP contribution in [-0.2, 0) is 10.5 Å². The normalized spacial score (nSPS) is 15.1. The molecule has 0 aliphatic carbocycles. The molecule has 1 aliphatic heterocycles. The number of aromatic nitrogens is 2. The number of ether oxygens (including phenoxy) is 3. The zero-order valence-corrected chi connectivity index (χ0v) is 23.9. The number of amides is 1. The number of benzene rings is 2. The Hall–Kier alpha value is -3.94. The second kappa shape index (κ2) is 11.7. The van der Waals surface area contributed by atoms with Gasteiger partial charge in [0.2, 0.25) is 16.7 Å². The van der Waals surface area contributed by atoms with Gasteiger partial charge in [0.05, 0.1) is 37.8 Å². The molecule has 0 spiro atoms. The Morgan fingerprint density at radius 3 is 2.38 bits per heavy atom. The summed E-state index contributed by atoms with van der Waals surface area (Å²) in [5.74, 6) is -0.810. The summed E-state index contributed by atoms with van der Waals surface area (Å²) in [5, 5.41) is 21.4. The number of rotatable bonds is 10. The van der Waals surface area contributed by atoms with Gasteiger partial charge in [-0.25, -0.2) is 4.39 Å². The third kappa shape index (κ3) is 5.15. The third-order valence-electron chi connectivity index (χ3n) is 6.08. The number of aliphatic hydroxyl groups excluding tert-OH is 1. The fourth-order valence-electron chi connectivity index (χ4n) is 4.23. The number of aliphatic hydroxyl groups is 1. The summed E-state index contributed by atoms with van der Waals surface area (Å²) in [5.41, 5.74) is 1.22. The van der Waals surface area contributed by atoms with Crippen molar-refractivity contribution in [2.75, 3.05) is 26.2 Å². The fraction of sp³-hybridized carbons (Fsp3) is 0.185. The number of nitrogens with zero attached hydrogens (tertiary/aromatic N) is 3. The van der Waals surface area contributed by atoms with E-state index < -0.39 is 23.5 Å². The largest absolute Gasteiger partial charge is 0.503 e. The van der Waals surface area contributed by atoms with Gasteiger partial charge in [0.15, 0.2) is 21.6 Å². The molecule has 5 rings (SSSR count). The van der Waals surface area contributed by atoms with E-state index in [9.17, 15) is 19.1 Å². The molecule has 0 bridgehead atoms. The Balaban J connectivity index is 1.56. The number of hydrogen-bond acceptors (Lipinski definition) is 11. The Labute approximate surface area is 240 Å². The molecule has 0 saturated carbocycles. The molecule has 40 heavy (non-hydrogen) atoms. The van der Waals surface area contributed by atoms with Crippen molar-refractivity contribution >= 4 is 51.3 Å². The topological polar surface area (TPSA) is 111 Å². The maximum Gasteiger partial charge on any atom is 0.296 e. The van der Waals surface area contributed by atoms with Crippen molar-refractivity contribution in [3.63, 3.8) is 0 Å². The highest BCUT2D eigenvalue weighted by Gasteiger charge is 2.47. The molecular weight excluding hydrogens is 578 g/mol. The van der Waals surface area contributed by atoms with E-state index in [4.69, 9.17) is 14.2 Å². The molecule has 1 N–H and O–H groups in total. The molecule has 1 atom stereocenters. The quantitative estimate of drug-likeness (QED) is 0.137. The van der Waals surface area contributed by atoms with Crippen molar-refractivity contribution in [1.29, 1.82) is 0 Å². The van der Waals surface area contributed by atoms with E-state index in [-0.39, 0.29) is 16.5 Å². The predicted molar refractivity (Wildman–Crippen MR) is 150 cm³/mol. The molecule has 0 saturated heterocycles. The molecule has 0 radical (unpaired) electrons. The van der Waals surface area contributed by atoms with Crippen LogP contribution in [0.1, 0.15) is 26.8 Å². The van der Waals surface area contributed by atoms with Gasteiger partial charge in [0.25, 0.3) is 5.91 Å². The first-order valence-electron chi connectivity index (χ1n) is 11.7. The van der Waals surface area contributed by atoms with Gasteiger partial charge in [-0.3, -0.25) is 14.5 Å². The highest BCUT2D eigenvalue weighted by molar-refractivity contribution is 8.00. The third-order valence-corrected chi connectivity index (χ3v) is 9.07. The Morgan fingerprint density at radius 1 is 1.07 bits per heavy atom. The number of anilines is 1. The molecule has 2 aromatic heterocycles. The van der Waals surface area contributed by atoms with Gasteiger partial charge in [0, 0.05) is 5.75 Å². The lowest BCUT2D eigenvalue weighted by Gasteiger charge is -2.25. The molecule has 206 valence electrons. The summed E-state index contributed by atoms with van der Waals surface area (Å²) in [6.07, 6.45) is 0. The number of carbonyl (C=O) groups is 2. The lowest BCUT2D eigenvalue weighted by atomic mass is 9.95. The summed E-state index contributed by atoms with van der Waals surface area (Å²) < 4.78 is 30.2. The highest BCUT2D eigenvalue weighted by Crippen LogP contribution is 2.48. The van der Waals surface area contributed by atoms with Crippen LogP contribution in [0.15, 0.2) is 69.6 Å². The summed E-state index contributed by atoms with van der Waals surface area (Å²) >= 11 is 3.70. The fourth-order valence-corrected chi connectivity index (χ4v) is 6.73. The minimum absolute atomic E-state index is 0.0996. The van der Waals surface area contributed by atoms with E-state index in [1.807, 2.05) is 0 Å². The van der Waals surface area contributed by atoms with Crippen LogP contribution in [0, 0.1) is 5.82 Å². The van der Waals surface area contributed by atoms with Gasteiger partial charge < -0.3 is 19.3 Å². The number of methoxy groups -OCH3 is 3. The summed E-state index contributed by atoms with van der Waals surface area (Å²) in [6.45, 7) is 0. The number of halogens is 1. The van der Waals surface area contributed by atoms with Crippen LogP contribution in [0.25, 0.3) is 0 Å². The van der Waals surface area contributed by atoms with Crippen molar-refractivity contribution in [1.82, 2.24) is 10.2 Å². The molecule has 0 fully saturated rings. The minimum atomic E-state index is -1.06. The SMILES string of the molecule is COc1cc([C@@H]2C(C(=O)c3cccs3)=C(O)C(=O)N2c2nnc(SCc3ccc(F)cc3)s2)cc(OC)c1OC. The molecular formula is C27H22FN3O6S3. The van der Waals surface area contributed by atoms with Gasteiger partial charge in [-0.05, 0) is 46.8 Å². The number of Topliss-reactive ketones (excluding diaryl/α,β-unsaturated/α-hetero) is 1. The zero-order chi connectivity index (χ0) is 28.4. The lowest BCUT2D eigenvalue weighted by Crippen LogP contribution is -2.31. The number of thioether (sulfide) groups is 1. The van der Waals surface area contributed by atoms with Gasteiger partial charge >= 0.3 is 0 Å². The first-order valence-corrected chi connectivity index (χ1v) is 14.4. The van der Waals surface area contributed by atoms with E-state index in [1.165, 1.54) is 61.5 Å². The standard InChI is InChI=1S/C27H22FN3O6S3/c1-35-17-11-15(12-18(36-2)24(17)37-3)21-20(22(32)19-5-4-10-38-19)23(33)25(34)31(21)26-29-30-27(40-26)39-13-14-6-8-16(28)9-7-14/h4-12,21,33H,13H2,1-3H3/t21-/m1/s1. The van der Waals surface area contributed by atoms with Crippen molar-refractivity contribution in [3.8, 4) is 17.2 Å². The first kappa shape index (κ1) is 27.6. The molecule has 13 heteroatoms.